The Morgan fingerprint density at radius 3 is 2.50 bits per heavy atom. The van der Waals surface area contributed by atoms with Crippen LogP contribution in [0.3, 0.4) is 0 Å². The Kier molecular flexibility index (Phi) is 4.99. The van der Waals surface area contributed by atoms with Gasteiger partial charge in [0.2, 0.25) is 0 Å². The van der Waals surface area contributed by atoms with Gasteiger partial charge in [-0.3, -0.25) is 9.79 Å². The van der Waals surface area contributed by atoms with Crippen LogP contribution in [0.1, 0.15) is 25.7 Å². The lowest BCUT2D eigenvalue weighted by Gasteiger charge is -2.26. The van der Waals surface area contributed by atoms with Crippen molar-refractivity contribution in [1.29, 1.82) is 0 Å². The molecule has 0 unspecified atom stereocenters. The summed E-state index contributed by atoms with van der Waals surface area (Å²) in [5.41, 5.74) is 10.7. The molecule has 1 fully saturated rings. The molecule has 3 rings (SSSR count). The Balaban J connectivity index is 1.61. The zero-order valence-corrected chi connectivity index (χ0v) is 13.7. The molecule has 2 aromatic rings. The van der Waals surface area contributed by atoms with Gasteiger partial charge in [-0.15, -0.1) is 0 Å². The van der Waals surface area contributed by atoms with Crippen molar-refractivity contribution in [3.63, 3.8) is 0 Å². The van der Waals surface area contributed by atoms with Gasteiger partial charge in [0.15, 0.2) is 5.96 Å². The van der Waals surface area contributed by atoms with E-state index in [0.29, 0.717) is 18.2 Å². The molecule has 1 aliphatic rings. The molecule has 126 valence electrons. The SMILES string of the molecule is NC(N)=NCC1CCC(C(=O)Oc2cccc3ccccc23)CC1. The molecular formula is C19H23N3O2. The molecule has 5 nitrogen and oxygen atoms in total. The van der Waals surface area contributed by atoms with Crippen molar-refractivity contribution in [3.05, 3.63) is 42.5 Å². The zero-order chi connectivity index (χ0) is 16.9. The van der Waals surface area contributed by atoms with E-state index in [4.69, 9.17) is 16.2 Å². The lowest BCUT2D eigenvalue weighted by molar-refractivity contribution is -0.140. The fourth-order valence-electron chi connectivity index (χ4n) is 3.29. The third kappa shape index (κ3) is 3.85. The molecule has 0 spiro atoms. The maximum Gasteiger partial charge on any atom is 0.314 e. The standard InChI is InChI=1S/C19H23N3O2/c20-19(21)22-12-13-8-10-15(11-9-13)18(23)24-17-7-3-5-14-4-1-2-6-16(14)17/h1-7,13,15H,8-12H2,(H4,20,21,22). The highest BCUT2D eigenvalue weighted by molar-refractivity contribution is 5.90. The highest BCUT2D eigenvalue weighted by Gasteiger charge is 2.27. The summed E-state index contributed by atoms with van der Waals surface area (Å²) in [6, 6.07) is 13.7. The first-order valence-electron chi connectivity index (χ1n) is 8.38. The largest absolute Gasteiger partial charge is 0.426 e. The van der Waals surface area contributed by atoms with Gasteiger partial charge in [-0.1, -0.05) is 36.4 Å². The summed E-state index contributed by atoms with van der Waals surface area (Å²) in [5, 5.41) is 2.04. The lowest BCUT2D eigenvalue weighted by Crippen LogP contribution is -2.28. The Hall–Kier alpha value is -2.56. The van der Waals surface area contributed by atoms with Crippen molar-refractivity contribution in [3.8, 4) is 5.75 Å². The molecule has 0 aliphatic heterocycles. The number of nitrogens with zero attached hydrogens (tertiary/aromatic N) is 1. The summed E-state index contributed by atoms with van der Waals surface area (Å²) in [6.45, 7) is 0.646. The number of esters is 1. The van der Waals surface area contributed by atoms with E-state index in [1.54, 1.807) is 0 Å². The Bertz CT molecular complexity index is 740. The Morgan fingerprint density at radius 1 is 1.04 bits per heavy atom. The monoisotopic (exact) mass is 325 g/mol. The molecule has 5 heteroatoms. The van der Waals surface area contributed by atoms with E-state index >= 15 is 0 Å². The van der Waals surface area contributed by atoms with Crippen LogP contribution in [-0.4, -0.2) is 18.5 Å². The molecule has 0 radical (unpaired) electrons. The van der Waals surface area contributed by atoms with E-state index in [9.17, 15) is 4.79 Å². The van der Waals surface area contributed by atoms with Gasteiger partial charge in [-0.2, -0.15) is 0 Å². The third-order valence-corrected chi connectivity index (χ3v) is 4.67. The number of aliphatic imine (C=N–C) groups is 1. The van der Waals surface area contributed by atoms with Gasteiger partial charge in [0.1, 0.15) is 5.75 Å². The summed E-state index contributed by atoms with van der Waals surface area (Å²) >= 11 is 0. The van der Waals surface area contributed by atoms with Crippen molar-refractivity contribution >= 4 is 22.7 Å². The Labute approximate surface area is 141 Å². The number of benzene rings is 2. The van der Waals surface area contributed by atoms with Crippen molar-refractivity contribution in [2.75, 3.05) is 6.54 Å². The average molecular weight is 325 g/mol. The second-order valence-corrected chi connectivity index (χ2v) is 6.38. The quantitative estimate of drug-likeness (QED) is 0.391. The van der Waals surface area contributed by atoms with Crippen LogP contribution in [0.25, 0.3) is 10.8 Å². The fraction of sp³-hybridized carbons (Fsp3) is 0.368. The fourth-order valence-corrected chi connectivity index (χ4v) is 3.29. The first-order valence-corrected chi connectivity index (χ1v) is 8.38. The lowest BCUT2D eigenvalue weighted by atomic mass is 9.82. The maximum absolute atomic E-state index is 12.5. The van der Waals surface area contributed by atoms with Gasteiger partial charge in [-0.05, 0) is 43.1 Å². The number of fused-ring (bicyclic) bond motifs is 1. The van der Waals surface area contributed by atoms with Gasteiger partial charge >= 0.3 is 5.97 Å². The molecule has 2 aromatic carbocycles. The smallest absolute Gasteiger partial charge is 0.314 e. The van der Waals surface area contributed by atoms with Crippen molar-refractivity contribution < 1.29 is 9.53 Å². The molecule has 0 bridgehead atoms. The van der Waals surface area contributed by atoms with E-state index < -0.39 is 0 Å². The molecule has 0 saturated heterocycles. The van der Waals surface area contributed by atoms with E-state index in [1.807, 2.05) is 42.5 Å². The number of carbonyl (C=O) groups excluding carboxylic acids is 1. The number of nitrogens with two attached hydrogens (primary N) is 2. The maximum atomic E-state index is 12.5. The first-order chi connectivity index (χ1) is 11.6. The highest BCUT2D eigenvalue weighted by Crippen LogP contribution is 2.32. The number of ether oxygens (including phenoxy) is 1. The van der Waals surface area contributed by atoms with Crippen LogP contribution in [0.2, 0.25) is 0 Å². The van der Waals surface area contributed by atoms with Gasteiger partial charge in [0, 0.05) is 11.9 Å². The highest BCUT2D eigenvalue weighted by atomic mass is 16.5. The number of rotatable bonds is 4. The van der Waals surface area contributed by atoms with Crippen molar-refractivity contribution in [2.24, 2.45) is 28.3 Å². The minimum absolute atomic E-state index is 0.0422. The molecule has 0 amide bonds. The third-order valence-electron chi connectivity index (χ3n) is 4.67. The molecular weight excluding hydrogens is 302 g/mol. The van der Waals surface area contributed by atoms with Gasteiger partial charge in [0.25, 0.3) is 0 Å². The molecule has 1 saturated carbocycles. The summed E-state index contributed by atoms with van der Waals surface area (Å²) in [7, 11) is 0. The first kappa shape index (κ1) is 16.3. The topological polar surface area (TPSA) is 90.7 Å². The zero-order valence-electron chi connectivity index (χ0n) is 13.7. The number of hydrogen-bond acceptors (Lipinski definition) is 3. The summed E-state index contributed by atoms with van der Waals surface area (Å²) in [4.78, 5) is 16.6. The average Bonchev–Trinajstić information content (AvgIpc) is 2.60. The summed E-state index contributed by atoms with van der Waals surface area (Å²) < 4.78 is 5.69. The van der Waals surface area contributed by atoms with Crippen LogP contribution < -0.4 is 16.2 Å². The van der Waals surface area contributed by atoms with Gasteiger partial charge < -0.3 is 16.2 Å². The van der Waals surface area contributed by atoms with E-state index in [0.717, 1.165) is 36.5 Å². The van der Waals surface area contributed by atoms with Crippen molar-refractivity contribution in [1.82, 2.24) is 0 Å². The van der Waals surface area contributed by atoms with Crippen LogP contribution in [0.15, 0.2) is 47.5 Å². The van der Waals surface area contributed by atoms with Crippen LogP contribution >= 0.6 is 0 Å². The molecule has 1 aliphatic carbocycles. The predicted octanol–water partition coefficient (Wildman–Crippen LogP) is 2.83. The van der Waals surface area contributed by atoms with E-state index in [2.05, 4.69) is 4.99 Å². The van der Waals surface area contributed by atoms with Gasteiger partial charge in [0.05, 0.1) is 5.92 Å². The predicted molar refractivity (Wildman–Crippen MR) is 95.7 cm³/mol. The number of guanidine groups is 1. The molecule has 4 N–H and O–H groups in total. The number of hydrogen-bond donors (Lipinski definition) is 2. The number of carbonyl (C=O) groups is 1. The van der Waals surface area contributed by atoms with Crippen LogP contribution in [0.4, 0.5) is 0 Å². The second kappa shape index (κ2) is 7.34. The molecule has 0 aromatic heterocycles. The second-order valence-electron chi connectivity index (χ2n) is 6.38. The molecule has 24 heavy (non-hydrogen) atoms. The minimum atomic E-state index is -0.133. The minimum Gasteiger partial charge on any atom is -0.426 e. The van der Waals surface area contributed by atoms with Crippen LogP contribution in [0.5, 0.6) is 5.75 Å². The normalized spacial score (nSPS) is 20.5. The van der Waals surface area contributed by atoms with Crippen LogP contribution in [-0.2, 0) is 4.79 Å². The van der Waals surface area contributed by atoms with E-state index in [-0.39, 0.29) is 17.8 Å². The van der Waals surface area contributed by atoms with Crippen molar-refractivity contribution in [2.45, 2.75) is 25.7 Å². The summed E-state index contributed by atoms with van der Waals surface area (Å²) in [5.74, 6) is 1.05. The van der Waals surface area contributed by atoms with Crippen LogP contribution in [0, 0.1) is 11.8 Å². The molecule has 0 heterocycles. The molecule has 0 atom stereocenters. The van der Waals surface area contributed by atoms with Gasteiger partial charge in [-0.25, -0.2) is 0 Å². The summed E-state index contributed by atoms with van der Waals surface area (Å²) in [6.07, 6.45) is 3.56. The Morgan fingerprint density at radius 2 is 1.75 bits per heavy atom. The van der Waals surface area contributed by atoms with E-state index in [1.165, 1.54) is 0 Å².